The molecular formula is C17H20FN3O2. The first kappa shape index (κ1) is 16.9. The van der Waals surface area contributed by atoms with Gasteiger partial charge in [-0.05, 0) is 38.1 Å². The molecule has 0 bridgehead atoms. The van der Waals surface area contributed by atoms with E-state index < -0.39 is 5.41 Å². The quantitative estimate of drug-likeness (QED) is 0.857. The first-order valence-corrected chi connectivity index (χ1v) is 7.56. The summed E-state index contributed by atoms with van der Waals surface area (Å²) < 4.78 is 12.9. The van der Waals surface area contributed by atoms with Crippen LogP contribution in [0.1, 0.15) is 30.6 Å². The molecule has 0 aliphatic carbocycles. The van der Waals surface area contributed by atoms with E-state index in [0.29, 0.717) is 31.7 Å². The maximum absolute atomic E-state index is 12.9. The lowest BCUT2D eigenvalue weighted by atomic mass is 9.90. The van der Waals surface area contributed by atoms with Gasteiger partial charge < -0.3 is 9.80 Å². The van der Waals surface area contributed by atoms with Crippen molar-refractivity contribution in [2.75, 3.05) is 26.2 Å². The summed E-state index contributed by atoms with van der Waals surface area (Å²) in [5, 5.41) is 9.00. The highest BCUT2D eigenvalue weighted by Crippen LogP contribution is 2.20. The molecule has 1 fully saturated rings. The minimum Gasteiger partial charge on any atom is -0.339 e. The number of nitrogens with zero attached hydrogens (tertiary/aromatic N) is 3. The molecule has 1 aliphatic heterocycles. The van der Waals surface area contributed by atoms with Gasteiger partial charge in [-0.2, -0.15) is 5.26 Å². The smallest absolute Gasteiger partial charge is 0.253 e. The van der Waals surface area contributed by atoms with Gasteiger partial charge in [-0.15, -0.1) is 0 Å². The Morgan fingerprint density at radius 1 is 1.13 bits per heavy atom. The molecule has 0 aromatic heterocycles. The molecule has 2 amide bonds. The number of hydrogen-bond donors (Lipinski definition) is 0. The molecule has 0 radical (unpaired) electrons. The predicted octanol–water partition coefficient (Wildman–Crippen LogP) is 2.05. The van der Waals surface area contributed by atoms with E-state index in [9.17, 15) is 14.0 Å². The number of benzene rings is 1. The normalized spacial score (nSPS) is 15.2. The number of carbonyl (C=O) groups is 2. The summed E-state index contributed by atoms with van der Waals surface area (Å²) >= 11 is 0. The van der Waals surface area contributed by atoms with Crippen LogP contribution in [0, 0.1) is 22.6 Å². The molecule has 23 heavy (non-hydrogen) atoms. The number of halogens is 1. The van der Waals surface area contributed by atoms with Crippen LogP contribution >= 0.6 is 0 Å². The van der Waals surface area contributed by atoms with Gasteiger partial charge in [-0.1, -0.05) is 0 Å². The summed E-state index contributed by atoms with van der Waals surface area (Å²) in [7, 11) is 0. The van der Waals surface area contributed by atoms with Crippen LogP contribution in [0.15, 0.2) is 24.3 Å². The van der Waals surface area contributed by atoms with Crippen LogP contribution in [0.2, 0.25) is 0 Å². The van der Waals surface area contributed by atoms with Crippen molar-refractivity contribution in [2.45, 2.75) is 20.3 Å². The Hall–Kier alpha value is -2.42. The first-order valence-electron chi connectivity index (χ1n) is 7.56. The van der Waals surface area contributed by atoms with Gasteiger partial charge in [0, 0.05) is 38.2 Å². The van der Waals surface area contributed by atoms with Crippen molar-refractivity contribution in [3.63, 3.8) is 0 Å². The van der Waals surface area contributed by atoms with Crippen molar-refractivity contribution < 1.29 is 14.0 Å². The predicted molar refractivity (Wildman–Crippen MR) is 82.9 cm³/mol. The van der Waals surface area contributed by atoms with E-state index in [1.54, 1.807) is 23.6 Å². The number of carbonyl (C=O) groups excluding carboxylic acids is 2. The van der Waals surface area contributed by atoms with Crippen molar-refractivity contribution in [1.82, 2.24) is 9.80 Å². The van der Waals surface area contributed by atoms with Gasteiger partial charge >= 0.3 is 0 Å². The van der Waals surface area contributed by atoms with Crippen molar-refractivity contribution in [2.24, 2.45) is 5.41 Å². The van der Waals surface area contributed by atoms with E-state index >= 15 is 0 Å². The van der Waals surface area contributed by atoms with E-state index in [1.165, 1.54) is 24.3 Å². The van der Waals surface area contributed by atoms with Gasteiger partial charge in [0.2, 0.25) is 5.91 Å². The monoisotopic (exact) mass is 317 g/mol. The molecule has 1 aliphatic rings. The van der Waals surface area contributed by atoms with E-state index in [2.05, 4.69) is 6.07 Å². The van der Waals surface area contributed by atoms with Crippen LogP contribution in [-0.4, -0.2) is 47.8 Å². The number of piperazine rings is 1. The molecule has 0 spiro atoms. The molecule has 1 saturated heterocycles. The van der Waals surface area contributed by atoms with Crippen LogP contribution < -0.4 is 0 Å². The first-order chi connectivity index (χ1) is 10.8. The zero-order chi connectivity index (χ0) is 17.0. The second-order valence-electron chi connectivity index (χ2n) is 6.35. The molecule has 122 valence electrons. The molecule has 5 nitrogen and oxygen atoms in total. The summed E-state index contributed by atoms with van der Waals surface area (Å²) in [6, 6.07) is 7.57. The Bertz CT molecular complexity index is 626. The van der Waals surface area contributed by atoms with Gasteiger partial charge in [-0.25, -0.2) is 4.39 Å². The molecule has 2 rings (SSSR count). The minimum absolute atomic E-state index is 0.0644. The molecule has 0 N–H and O–H groups in total. The second-order valence-corrected chi connectivity index (χ2v) is 6.35. The highest BCUT2D eigenvalue weighted by atomic mass is 19.1. The molecule has 0 atom stereocenters. The lowest BCUT2D eigenvalue weighted by Gasteiger charge is -2.35. The number of hydrogen-bond acceptors (Lipinski definition) is 3. The van der Waals surface area contributed by atoms with Crippen molar-refractivity contribution in [3.05, 3.63) is 35.6 Å². The van der Waals surface area contributed by atoms with Gasteiger partial charge in [0.25, 0.3) is 5.91 Å². The Labute approximate surface area is 135 Å². The Morgan fingerprint density at radius 2 is 1.65 bits per heavy atom. The zero-order valence-electron chi connectivity index (χ0n) is 13.4. The molecule has 1 aromatic carbocycles. The fourth-order valence-electron chi connectivity index (χ4n) is 2.46. The molecule has 0 saturated carbocycles. The van der Waals surface area contributed by atoms with Crippen molar-refractivity contribution >= 4 is 11.8 Å². The van der Waals surface area contributed by atoms with Gasteiger partial charge in [0.1, 0.15) is 5.82 Å². The number of nitriles is 1. The standard InChI is InChI=1S/C17H20FN3O2/c1-17(2,12-19)11-15(22)20-7-9-21(10-8-20)16(23)13-3-5-14(18)6-4-13/h3-6H,7-11H2,1-2H3. The molecule has 1 heterocycles. The minimum atomic E-state index is -0.682. The molecular weight excluding hydrogens is 297 g/mol. The number of rotatable bonds is 3. The molecule has 1 aromatic rings. The lowest BCUT2D eigenvalue weighted by Crippen LogP contribution is -2.51. The van der Waals surface area contributed by atoms with Crippen LogP contribution in [-0.2, 0) is 4.79 Å². The van der Waals surface area contributed by atoms with Gasteiger partial charge in [0.15, 0.2) is 0 Å². The topological polar surface area (TPSA) is 64.4 Å². The summed E-state index contributed by atoms with van der Waals surface area (Å²) in [6.07, 6.45) is 0.176. The summed E-state index contributed by atoms with van der Waals surface area (Å²) in [5.74, 6) is -0.600. The molecule has 0 unspecified atom stereocenters. The maximum atomic E-state index is 12.9. The lowest BCUT2D eigenvalue weighted by molar-refractivity contribution is -0.134. The van der Waals surface area contributed by atoms with Crippen LogP contribution in [0.3, 0.4) is 0 Å². The maximum Gasteiger partial charge on any atom is 0.253 e. The summed E-state index contributed by atoms with van der Waals surface area (Å²) in [4.78, 5) is 27.9. The largest absolute Gasteiger partial charge is 0.339 e. The van der Waals surface area contributed by atoms with Crippen LogP contribution in [0.5, 0.6) is 0 Å². The SMILES string of the molecule is CC(C)(C#N)CC(=O)N1CCN(C(=O)c2ccc(F)cc2)CC1. The van der Waals surface area contributed by atoms with E-state index in [1.807, 2.05) is 0 Å². The average Bonchev–Trinajstić information content (AvgIpc) is 2.54. The third kappa shape index (κ3) is 4.28. The van der Waals surface area contributed by atoms with Crippen LogP contribution in [0.25, 0.3) is 0 Å². The van der Waals surface area contributed by atoms with E-state index in [4.69, 9.17) is 5.26 Å². The van der Waals surface area contributed by atoms with Gasteiger partial charge in [0.05, 0.1) is 11.5 Å². The van der Waals surface area contributed by atoms with E-state index in [0.717, 1.165) is 0 Å². The summed E-state index contributed by atoms with van der Waals surface area (Å²) in [6.45, 7) is 5.25. The highest BCUT2D eigenvalue weighted by Gasteiger charge is 2.28. The third-order valence-corrected chi connectivity index (χ3v) is 3.91. The van der Waals surface area contributed by atoms with Crippen molar-refractivity contribution in [3.8, 4) is 6.07 Å². The molecule has 6 heteroatoms. The zero-order valence-corrected chi connectivity index (χ0v) is 13.4. The Morgan fingerprint density at radius 3 is 2.17 bits per heavy atom. The van der Waals surface area contributed by atoms with E-state index in [-0.39, 0.29) is 24.1 Å². The fraction of sp³-hybridized carbons (Fsp3) is 0.471. The van der Waals surface area contributed by atoms with Crippen LogP contribution in [0.4, 0.5) is 4.39 Å². The number of amides is 2. The Kier molecular flexibility index (Phi) is 4.99. The summed E-state index contributed by atoms with van der Waals surface area (Å²) in [5.41, 5.74) is -0.241. The van der Waals surface area contributed by atoms with Crippen molar-refractivity contribution in [1.29, 1.82) is 5.26 Å². The fourth-order valence-corrected chi connectivity index (χ4v) is 2.46. The average molecular weight is 317 g/mol. The highest BCUT2D eigenvalue weighted by molar-refractivity contribution is 5.94. The second kappa shape index (κ2) is 6.78. The third-order valence-electron chi connectivity index (χ3n) is 3.91. The van der Waals surface area contributed by atoms with Gasteiger partial charge in [-0.3, -0.25) is 9.59 Å². The Balaban J connectivity index is 1.91.